The summed E-state index contributed by atoms with van der Waals surface area (Å²) in [7, 11) is 0. The molecule has 0 radical (unpaired) electrons. The number of hydrogen-bond acceptors (Lipinski definition) is 2. The van der Waals surface area contributed by atoms with Crippen LogP contribution in [0.3, 0.4) is 0 Å². The molecule has 0 aliphatic rings. The fourth-order valence-corrected chi connectivity index (χ4v) is 3.19. The van der Waals surface area contributed by atoms with E-state index in [1.54, 1.807) is 11.3 Å². The van der Waals surface area contributed by atoms with E-state index in [1.807, 2.05) is 12.1 Å². The zero-order chi connectivity index (χ0) is 13.5. The summed E-state index contributed by atoms with van der Waals surface area (Å²) in [6.07, 6.45) is 6.37. The van der Waals surface area contributed by atoms with Crippen molar-refractivity contribution in [2.24, 2.45) is 0 Å². The lowest BCUT2D eigenvalue weighted by molar-refractivity contribution is 0.668. The molecule has 1 aromatic carbocycles. The van der Waals surface area contributed by atoms with E-state index < -0.39 is 0 Å². The van der Waals surface area contributed by atoms with Crippen molar-refractivity contribution < 1.29 is 0 Å². The Labute approximate surface area is 119 Å². The summed E-state index contributed by atoms with van der Waals surface area (Å²) < 4.78 is 0. The van der Waals surface area contributed by atoms with Gasteiger partial charge in [0, 0.05) is 4.88 Å². The van der Waals surface area contributed by atoms with Crippen LogP contribution in [0.15, 0.2) is 35.7 Å². The molecular formula is C17H19NS. The van der Waals surface area contributed by atoms with Crippen molar-refractivity contribution in [2.75, 3.05) is 0 Å². The molecular weight excluding hydrogens is 250 g/mol. The van der Waals surface area contributed by atoms with Gasteiger partial charge in [-0.15, -0.1) is 11.3 Å². The van der Waals surface area contributed by atoms with E-state index in [0.717, 1.165) is 5.56 Å². The number of benzene rings is 1. The van der Waals surface area contributed by atoms with Gasteiger partial charge in [-0.3, -0.25) is 0 Å². The summed E-state index contributed by atoms with van der Waals surface area (Å²) in [6, 6.07) is 12.3. The van der Waals surface area contributed by atoms with Crippen LogP contribution >= 0.6 is 11.3 Å². The lowest BCUT2D eigenvalue weighted by Crippen LogP contribution is -1.86. The van der Waals surface area contributed by atoms with Gasteiger partial charge in [0.2, 0.25) is 0 Å². The molecule has 0 saturated carbocycles. The molecule has 0 bridgehead atoms. The molecule has 1 nitrogen and oxygen atoms in total. The summed E-state index contributed by atoms with van der Waals surface area (Å²) in [4.78, 5) is 1.36. The van der Waals surface area contributed by atoms with E-state index in [0.29, 0.717) is 0 Å². The number of nitrogens with zero attached hydrogens (tertiary/aromatic N) is 1. The zero-order valence-electron chi connectivity index (χ0n) is 11.4. The van der Waals surface area contributed by atoms with Crippen LogP contribution in [0.2, 0.25) is 0 Å². The maximum Gasteiger partial charge on any atom is 0.0991 e. The topological polar surface area (TPSA) is 23.8 Å². The van der Waals surface area contributed by atoms with Crippen molar-refractivity contribution in [1.29, 1.82) is 5.26 Å². The van der Waals surface area contributed by atoms with Crippen molar-refractivity contribution in [3.05, 3.63) is 46.8 Å². The van der Waals surface area contributed by atoms with Gasteiger partial charge >= 0.3 is 0 Å². The van der Waals surface area contributed by atoms with E-state index in [4.69, 9.17) is 5.26 Å². The van der Waals surface area contributed by atoms with E-state index in [1.165, 1.54) is 48.1 Å². The Hall–Kier alpha value is -1.59. The maximum absolute atomic E-state index is 8.83. The number of rotatable bonds is 6. The highest BCUT2D eigenvalue weighted by Gasteiger charge is 2.06. The van der Waals surface area contributed by atoms with Crippen LogP contribution in [-0.4, -0.2) is 0 Å². The SMILES string of the molecule is CCCCCCc1ccsc1-c1ccc(C#N)cc1. The standard InChI is InChI=1S/C17H19NS/c1-2-3-4-5-6-15-11-12-19-17(15)16-9-7-14(13-18)8-10-16/h7-12H,2-6H2,1H3. The quantitative estimate of drug-likeness (QED) is 0.643. The molecule has 19 heavy (non-hydrogen) atoms. The second-order valence-electron chi connectivity index (χ2n) is 4.77. The number of thiophene rings is 1. The zero-order valence-corrected chi connectivity index (χ0v) is 12.2. The van der Waals surface area contributed by atoms with Crippen LogP contribution in [0.1, 0.15) is 43.7 Å². The van der Waals surface area contributed by atoms with Gasteiger partial charge in [-0.25, -0.2) is 0 Å². The highest BCUT2D eigenvalue weighted by Crippen LogP contribution is 2.30. The largest absolute Gasteiger partial charge is 0.192 e. The van der Waals surface area contributed by atoms with Crippen molar-refractivity contribution in [1.82, 2.24) is 0 Å². The average molecular weight is 269 g/mol. The van der Waals surface area contributed by atoms with Crippen LogP contribution in [0, 0.1) is 11.3 Å². The number of hydrogen-bond donors (Lipinski definition) is 0. The predicted octanol–water partition coefficient (Wildman–Crippen LogP) is 5.41. The summed E-state index contributed by atoms with van der Waals surface area (Å²) in [5.74, 6) is 0. The van der Waals surface area contributed by atoms with E-state index in [-0.39, 0.29) is 0 Å². The first kappa shape index (κ1) is 13.8. The minimum atomic E-state index is 0.727. The Kier molecular flexibility index (Phi) is 5.18. The van der Waals surface area contributed by atoms with Crippen LogP contribution in [0.4, 0.5) is 0 Å². The lowest BCUT2D eigenvalue weighted by atomic mass is 10.0. The summed E-state index contributed by atoms with van der Waals surface area (Å²) in [6.45, 7) is 2.24. The molecule has 2 aromatic rings. The predicted molar refractivity (Wildman–Crippen MR) is 82.3 cm³/mol. The molecule has 2 heteroatoms. The first-order chi connectivity index (χ1) is 9.35. The first-order valence-corrected chi connectivity index (χ1v) is 7.80. The van der Waals surface area contributed by atoms with Crippen LogP contribution in [-0.2, 0) is 6.42 Å². The van der Waals surface area contributed by atoms with Gasteiger partial charge in [0.1, 0.15) is 0 Å². The van der Waals surface area contributed by atoms with Crippen LogP contribution < -0.4 is 0 Å². The fraction of sp³-hybridized carbons (Fsp3) is 0.353. The molecule has 2 rings (SSSR count). The normalized spacial score (nSPS) is 10.3. The number of aryl methyl sites for hydroxylation is 1. The minimum absolute atomic E-state index is 0.727. The first-order valence-electron chi connectivity index (χ1n) is 6.92. The highest BCUT2D eigenvalue weighted by atomic mass is 32.1. The molecule has 1 heterocycles. The second kappa shape index (κ2) is 7.11. The molecule has 0 atom stereocenters. The van der Waals surface area contributed by atoms with Gasteiger partial charge < -0.3 is 0 Å². The summed E-state index contributed by atoms with van der Waals surface area (Å²) >= 11 is 1.80. The Morgan fingerprint density at radius 1 is 1.05 bits per heavy atom. The number of nitriles is 1. The summed E-state index contributed by atoms with van der Waals surface area (Å²) in [5.41, 5.74) is 3.41. The molecule has 0 fully saturated rings. The van der Waals surface area contributed by atoms with Gasteiger partial charge in [0.25, 0.3) is 0 Å². The molecule has 0 amide bonds. The molecule has 0 saturated heterocycles. The van der Waals surface area contributed by atoms with Crippen LogP contribution in [0.25, 0.3) is 10.4 Å². The fourth-order valence-electron chi connectivity index (χ4n) is 2.22. The highest BCUT2D eigenvalue weighted by molar-refractivity contribution is 7.13. The monoisotopic (exact) mass is 269 g/mol. The minimum Gasteiger partial charge on any atom is -0.192 e. The third kappa shape index (κ3) is 3.68. The van der Waals surface area contributed by atoms with Gasteiger partial charge in [-0.2, -0.15) is 5.26 Å². The molecule has 0 aliphatic carbocycles. The number of unbranched alkanes of at least 4 members (excludes halogenated alkanes) is 3. The molecule has 98 valence electrons. The molecule has 0 spiro atoms. The van der Waals surface area contributed by atoms with Gasteiger partial charge in [-0.05, 0) is 47.5 Å². The van der Waals surface area contributed by atoms with Crippen molar-refractivity contribution in [3.63, 3.8) is 0 Å². The average Bonchev–Trinajstić information content (AvgIpc) is 2.92. The Bertz CT molecular complexity index is 545. The van der Waals surface area contributed by atoms with E-state index >= 15 is 0 Å². The molecule has 1 aromatic heterocycles. The van der Waals surface area contributed by atoms with Crippen LogP contribution in [0.5, 0.6) is 0 Å². The van der Waals surface area contributed by atoms with Gasteiger partial charge in [0.15, 0.2) is 0 Å². The van der Waals surface area contributed by atoms with E-state index in [2.05, 4.69) is 36.6 Å². The molecule has 0 unspecified atom stereocenters. The summed E-state index contributed by atoms with van der Waals surface area (Å²) in [5, 5.41) is 11.0. The maximum atomic E-state index is 8.83. The Morgan fingerprint density at radius 3 is 2.53 bits per heavy atom. The lowest BCUT2D eigenvalue weighted by Gasteiger charge is -2.04. The van der Waals surface area contributed by atoms with Gasteiger partial charge in [-0.1, -0.05) is 38.3 Å². The third-order valence-electron chi connectivity index (χ3n) is 3.32. The Morgan fingerprint density at radius 2 is 1.84 bits per heavy atom. The van der Waals surface area contributed by atoms with Gasteiger partial charge in [0.05, 0.1) is 11.6 Å². The third-order valence-corrected chi connectivity index (χ3v) is 4.33. The molecule has 0 N–H and O–H groups in total. The second-order valence-corrected chi connectivity index (χ2v) is 5.69. The van der Waals surface area contributed by atoms with Crippen molar-refractivity contribution in [2.45, 2.75) is 39.0 Å². The van der Waals surface area contributed by atoms with E-state index in [9.17, 15) is 0 Å². The smallest absolute Gasteiger partial charge is 0.0991 e. The van der Waals surface area contributed by atoms with Crippen molar-refractivity contribution in [3.8, 4) is 16.5 Å². The Balaban J connectivity index is 2.07. The molecule has 0 aliphatic heterocycles. The van der Waals surface area contributed by atoms with Crippen molar-refractivity contribution >= 4 is 11.3 Å².